The zero-order chi connectivity index (χ0) is 16.7. The highest BCUT2D eigenvalue weighted by molar-refractivity contribution is 5.06. The summed E-state index contributed by atoms with van der Waals surface area (Å²) in [7, 11) is 4.17. The van der Waals surface area contributed by atoms with Crippen LogP contribution in [0.5, 0.6) is 0 Å². The zero-order valence-corrected chi connectivity index (χ0v) is 14.6. The lowest BCUT2D eigenvalue weighted by molar-refractivity contribution is 0.0693. The third-order valence-corrected chi connectivity index (χ3v) is 5.15. The monoisotopic (exact) mass is 331 g/mol. The van der Waals surface area contributed by atoms with Gasteiger partial charge in [0.2, 0.25) is 5.89 Å². The second kappa shape index (κ2) is 6.25. The summed E-state index contributed by atoms with van der Waals surface area (Å²) in [4.78, 5) is 9.34. The highest BCUT2D eigenvalue weighted by atomic mass is 16.5. The lowest BCUT2D eigenvalue weighted by atomic mass is 10.1. The molecule has 2 fully saturated rings. The molecule has 0 amide bonds. The third kappa shape index (κ3) is 2.95. The summed E-state index contributed by atoms with van der Waals surface area (Å²) in [6.45, 7) is 5.76. The number of aromatic nitrogens is 5. The van der Waals surface area contributed by atoms with Crippen LogP contribution in [-0.2, 0) is 20.0 Å². The molecule has 0 radical (unpaired) electrons. The van der Waals surface area contributed by atoms with Gasteiger partial charge in [0, 0.05) is 39.0 Å². The number of hydrogen-bond donors (Lipinski definition) is 0. The lowest BCUT2D eigenvalue weighted by Crippen LogP contribution is -2.46. The number of piperazine rings is 1. The van der Waals surface area contributed by atoms with Crippen LogP contribution >= 0.6 is 0 Å². The highest BCUT2D eigenvalue weighted by Gasteiger charge is 2.34. The maximum absolute atomic E-state index is 5.56. The molecule has 0 spiro atoms. The molecule has 0 aromatic carbocycles. The molecular weight excluding hydrogens is 306 g/mol. The molecule has 1 aliphatic carbocycles. The Bertz CT molecular complexity index is 705. The number of aryl methyl sites for hydroxylation is 1. The molecule has 2 aliphatic rings. The minimum absolute atomic E-state index is 0.151. The summed E-state index contributed by atoms with van der Waals surface area (Å²) in [5, 5.41) is 12.8. The number of hydrogen-bond acceptors (Lipinski definition) is 7. The van der Waals surface area contributed by atoms with Gasteiger partial charge in [-0.15, -0.1) is 10.2 Å². The van der Waals surface area contributed by atoms with Gasteiger partial charge in [0.25, 0.3) is 0 Å². The van der Waals surface area contributed by atoms with Gasteiger partial charge in [-0.05, 0) is 19.9 Å². The van der Waals surface area contributed by atoms with E-state index >= 15 is 0 Å². The van der Waals surface area contributed by atoms with Crippen molar-refractivity contribution in [1.82, 2.24) is 34.7 Å². The van der Waals surface area contributed by atoms with Gasteiger partial charge >= 0.3 is 0 Å². The summed E-state index contributed by atoms with van der Waals surface area (Å²) in [5.74, 6) is 4.20. The topological polar surface area (TPSA) is 76.1 Å². The SMILES string of the molecule is CCc1nnc(CN2CCN(C)[C@@H](c3nc(C4CC4)no3)C2)n1C. The summed E-state index contributed by atoms with van der Waals surface area (Å²) in [6.07, 6.45) is 3.29. The molecule has 8 nitrogen and oxygen atoms in total. The van der Waals surface area contributed by atoms with Crippen LogP contribution in [0.2, 0.25) is 0 Å². The first-order chi connectivity index (χ1) is 11.7. The van der Waals surface area contributed by atoms with Crippen molar-refractivity contribution in [1.29, 1.82) is 0 Å². The maximum atomic E-state index is 5.56. The Hall–Kier alpha value is -1.80. The minimum atomic E-state index is 0.151. The van der Waals surface area contributed by atoms with E-state index in [0.29, 0.717) is 5.92 Å². The van der Waals surface area contributed by atoms with E-state index in [4.69, 9.17) is 4.52 Å². The Labute approximate surface area is 141 Å². The van der Waals surface area contributed by atoms with Crippen LogP contribution in [0.1, 0.15) is 55.1 Å². The molecule has 0 N–H and O–H groups in total. The van der Waals surface area contributed by atoms with E-state index in [1.807, 2.05) is 7.05 Å². The molecule has 1 atom stereocenters. The Balaban J connectivity index is 1.46. The molecule has 2 aromatic rings. The van der Waals surface area contributed by atoms with Crippen molar-refractivity contribution in [3.63, 3.8) is 0 Å². The van der Waals surface area contributed by atoms with E-state index in [9.17, 15) is 0 Å². The summed E-state index contributed by atoms with van der Waals surface area (Å²) < 4.78 is 7.66. The molecular formula is C16H25N7O. The van der Waals surface area contributed by atoms with Crippen LogP contribution in [0.3, 0.4) is 0 Å². The predicted molar refractivity (Wildman–Crippen MR) is 87.3 cm³/mol. The minimum Gasteiger partial charge on any atom is -0.338 e. The van der Waals surface area contributed by atoms with Gasteiger partial charge in [0.15, 0.2) is 5.82 Å². The van der Waals surface area contributed by atoms with Gasteiger partial charge in [0.1, 0.15) is 17.7 Å². The molecule has 1 saturated heterocycles. The van der Waals surface area contributed by atoms with Crippen LogP contribution in [0.15, 0.2) is 4.52 Å². The molecule has 0 bridgehead atoms. The van der Waals surface area contributed by atoms with E-state index in [1.54, 1.807) is 0 Å². The lowest BCUT2D eigenvalue weighted by Gasteiger charge is -2.37. The van der Waals surface area contributed by atoms with Crippen LogP contribution < -0.4 is 0 Å². The summed E-state index contributed by atoms with van der Waals surface area (Å²) in [6, 6.07) is 0.151. The Morgan fingerprint density at radius 1 is 1.12 bits per heavy atom. The largest absolute Gasteiger partial charge is 0.338 e. The van der Waals surface area contributed by atoms with Gasteiger partial charge in [-0.2, -0.15) is 4.98 Å². The van der Waals surface area contributed by atoms with Crippen LogP contribution in [0, 0.1) is 0 Å². The van der Waals surface area contributed by atoms with Gasteiger partial charge in [-0.1, -0.05) is 12.1 Å². The molecule has 4 rings (SSSR count). The van der Waals surface area contributed by atoms with Crippen molar-refractivity contribution in [2.45, 2.75) is 44.7 Å². The normalized spacial score (nSPS) is 23.0. The van der Waals surface area contributed by atoms with Crippen molar-refractivity contribution in [3.8, 4) is 0 Å². The van der Waals surface area contributed by atoms with Crippen molar-refractivity contribution in [2.24, 2.45) is 7.05 Å². The van der Waals surface area contributed by atoms with E-state index in [-0.39, 0.29) is 6.04 Å². The van der Waals surface area contributed by atoms with E-state index in [0.717, 1.165) is 56.0 Å². The molecule has 24 heavy (non-hydrogen) atoms. The molecule has 130 valence electrons. The van der Waals surface area contributed by atoms with Gasteiger partial charge in [-0.3, -0.25) is 9.80 Å². The van der Waals surface area contributed by atoms with Crippen LogP contribution in [-0.4, -0.2) is 61.4 Å². The smallest absolute Gasteiger partial charge is 0.245 e. The van der Waals surface area contributed by atoms with E-state index in [2.05, 4.69) is 48.7 Å². The van der Waals surface area contributed by atoms with E-state index in [1.165, 1.54) is 12.8 Å². The van der Waals surface area contributed by atoms with Crippen LogP contribution in [0.25, 0.3) is 0 Å². The average molecular weight is 331 g/mol. The van der Waals surface area contributed by atoms with Gasteiger partial charge in [0.05, 0.1) is 6.54 Å². The van der Waals surface area contributed by atoms with Crippen molar-refractivity contribution in [2.75, 3.05) is 26.7 Å². The quantitative estimate of drug-likeness (QED) is 0.813. The zero-order valence-electron chi connectivity index (χ0n) is 14.6. The summed E-state index contributed by atoms with van der Waals surface area (Å²) in [5.41, 5.74) is 0. The fourth-order valence-corrected chi connectivity index (χ4v) is 3.27. The number of rotatable bonds is 5. The second-order valence-electron chi connectivity index (χ2n) is 6.94. The molecule has 0 unspecified atom stereocenters. The predicted octanol–water partition coefficient (Wildman–Crippen LogP) is 1.13. The Morgan fingerprint density at radius 3 is 2.62 bits per heavy atom. The number of nitrogens with zero attached hydrogens (tertiary/aromatic N) is 7. The third-order valence-electron chi connectivity index (χ3n) is 5.15. The molecule has 3 heterocycles. The van der Waals surface area contributed by atoms with Gasteiger partial charge < -0.3 is 9.09 Å². The second-order valence-corrected chi connectivity index (χ2v) is 6.94. The average Bonchev–Trinajstić information content (AvgIpc) is 3.22. The van der Waals surface area contributed by atoms with Crippen LogP contribution in [0.4, 0.5) is 0 Å². The fraction of sp³-hybridized carbons (Fsp3) is 0.750. The van der Waals surface area contributed by atoms with Crippen molar-refractivity contribution >= 4 is 0 Å². The molecule has 1 saturated carbocycles. The summed E-state index contributed by atoms with van der Waals surface area (Å²) >= 11 is 0. The Kier molecular flexibility index (Phi) is 4.09. The fourth-order valence-electron chi connectivity index (χ4n) is 3.27. The van der Waals surface area contributed by atoms with Crippen molar-refractivity contribution in [3.05, 3.63) is 23.4 Å². The highest BCUT2D eigenvalue weighted by Crippen LogP contribution is 2.38. The molecule has 2 aromatic heterocycles. The standard InChI is InChI=1S/C16H25N7O/c1-4-13-18-19-14(22(13)3)10-23-8-7-21(2)12(9-23)16-17-15(20-24-16)11-5-6-11/h11-12H,4-10H2,1-3H3/t12-/m1/s1. The van der Waals surface area contributed by atoms with E-state index < -0.39 is 0 Å². The first-order valence-electron chi connectivity index (χ1n) is 8.79. The van der Waals surface area contributed by atoms with Gasteiger partial charge in [-0.25, -0.2) is 0 Å². The first kappa shape index (κ1) is 15.7. The maximum Gasteiger partial charge on any atom is 0.245 e. The molecule has 1 aliphatic heterocycles. The number of likely N-dealkylation sites (N-methyl/N-ethyl adjacent to an activating group) is 1. The molecule has 8 heteroatoms. The van der Waals surface area contributed by atoms with Crippen molar-refractivity contribution < 1.29 is 4.52 Å². The first-order valence-corrected chi connectivity index (χ1v) is 8.79. The Morgan fingerprint density at radius 2 is 1.92 bits per heavy atom.